The van der Waals surface area contributed by atoms with E-state index in [2.05, 4.69) is 28.5 Å². The van der Waals surface area contributed by atoms with Crippen molar-refractivity contribution >= 4 is 5.57 Å². The molecule has 2 atom stereocenters. The van der Waals surface area contributed by atoms with Crippen LogP contribution in [0.1, 0.15) is 24.1 Å². The second-order valence-corrected chi connectivity index (χ2v) is 4.94. The topological polar surface area (TPSA) is 24.9 Å². The van der Waals surface area contributed by atoms with Gasteiger partial charge in [-0.15, -0.1) is 0 Å². The van der Waals surface area contributed by atoms with Crippen LogP contribution in [0, 0.1) is 18.8 Å². The molecule has 3 rings (SSSR count). The molecule has 0 saturated carbocycles. The van der Waals surface area contributed by atoms with E-state index in [1.54, 1.807) is 0 Å². The van der Waals surface area contributed by atoms with E-state index in [1.807, 2.05) is 13.1 Å². The Hall–Kier alpha value is -1.15. The first-order valence-electron chi connectivity index (χ1n) is 6.18. The molecule has 1 saturated heterocycles. The summed E-state index contributed by atoms with van der Waals surface area (Å²) in [6, 6.07) is 4.32. The SMILES string of the molecule is Cc1ccc(C2=CCC3CCNCC23)cn1. The summed E-state index contributed by atoms with van der Waals surface area (Å²) in [5, 5.41) is 3.51. The highest BCUT2D eigenvalue weighted by Gasteiger charge is 2.32. The minimum absolute atomic E-state index is 0.721. The summed E-state index contributed by atoms with van der Waals surface area (Å²) >= 11 is 0. The average Bonchev–Trinajstić information content (AvgIpc) is 2.74. The molecule has 2 heteroatoms. The number of pyridine rings is 1. The Morgan fingerprint density at radius 1 is 1.38 bits per heavy atom. The van der Waals surface area contributed by atoms with Gasteiger partial charge >= 0.3 is 0 Å². The van der Waals surface area contributed by atoms with Crippen LogP contribution in [0.15, 0.2) is 24.4 Å². The Bertz CT molecular complexity index is 405. The summed E-state index contributed by atoms with van der Waals surface area (Å²) < 4.78 is 0. The van der Waals surface area contributed by atoms with Crippen LogP contribution in [0.2, 0.25) is 0 Å². The van der Waals surface area contributed by atoms with E-state index in [9.17, 15) is 0 Å². The van der Waals surface area contributed by atoms with Crippen molar-refractivity contribution in [3.63, 3.8) is 0 Å². The number of hydrogen-bond acceptors (Lipinski definition) is 2. The Labute approximate surface area is 96.8 Å². The van der Waals surface area contributed by atoms with Gasteiger partial charge in [-0.3, -0.25) is 4.98 Å². The summed E-state index contributed by atoms with van der Waals surface area (Å²) in [5.74, 6) is 1.59. The standard InChI is InChI=1S/C14H18N2/c1-10-2-3-12(8-16-10)13-5-4-11-6-7-15-9-14(11)13/h2-3,5,8,11,14-15H,4,6-7,9H2,1H3. The fourth-order valence-corrected chi connectivity index (χ4v) is 2.96. The van der Waals surface area contributed by atoms with Gasteiger partial charge in [-0.1, -0.05) is 12.1 Å². The predicted octanol–water partition coefficient (Wildman–Crippen LogP) is 2.40. The van der Waals surface area contributed by atoms with E-state index in [4.69, 9.17) is 0 Å². The lowest BCUT2D eigenvalue weighted by atomic mass is 9.84. The zero-order valence-electron chi connectivity index (χ0n) is 9.74. The molecule has 1 aromatic heterocycles. The molecule has 16 heavy (non-hydrogen) atoms. The van der Waals surface area contributed by atoms with Gasteiger partial charge in [-0.25, -0.2) is 0 Å². The van der Waals surface area contributed by atoms with Crippen molar-refractivity contribution < 1.29 is 0 Å². The van der Waals surface area contributed by atoms with Gasteiger partial charge in [0, 0.05) is 18.4 Å². The lowest BCUT2D eigenvalue weighted by Gasteiger charge is -2.28. The molecule has 2 unspecified atom stereocenters. The van der Waals surface area contributed by atoms with Gasteiger partial charge in [-0.05, 0) is 55.3 Å². The smallest absolute Gasteiger partial charge is 0.0373 e. The molecule has 0 aromatic carbocycles. The third-order valence-corrected chi connectivity index (χ3v) is 3.91. The van der Waals surface area contributed by atoms with Gasteiger partial charge in [-0.2, -0.15) is 0 Å². The maximum Gasteiger partial charge on any atom is 0.0373 e. The Kier molecular flexibility index (Phi) is 2.52. The van der Waals surface area contributed by atoms with Crippen LogP contribution in [-0.2, 0) is 0 Å². The predicted molar refractivity (Wildman–Crippen MR) is 66.0 cm³/mol. The fourth-order valence-electron chi connectivity index (χ4n) is 2.96. The molecule has 2 aliphatic rings. The number of aromatic nitrogens is 1. The number of fused-ring (bicyclic) bond motifs is 1. The molecule has 1 aliphatic heterocycles. The molecule has 0 bridgehead atoms. The number of allylic oxidation sites excluding steroid dienone is 1. The van der Waals surface area contributed by atoms with Crippen LogP contribution < -0.4 is 5.32 Å². The molecule has 2 heterocycles. The van der Waals surface area contributed by atoms with Crippen molar-refractivity contribution in [1.29, 1.82) is 0 Å². The highest BCUT2D eigenvalue weighted by Crippen LogP contribution is 2.40. The first-order valence-corrected chi connectivity index (χ1v) is 6.18. The van der Waals surface area contributed by atoms with Crippen LogP contribution in [-0.4, -0.2) is 18.1 Å². The zero-order valence-corrected chi connectivity index (χ0v) is 9.74. The first kappa shape index (κ1) is 10.0. The maximum atomic E-state index is 4.40. The quantitative estimate of drug-likeness (QED) is 0.776. The third-order valence-electron chi connectivity index (χ3n) is 3.91. The molecule has 0 radical (unpaired) electrons. The maximum absolute atomic E-state index is 4.40. The number of rotatable bonds is 1. The summed E-state index contributed by atoms with van der Waals surface area (Å²) in [7, 11) is 0. The second kappa shape index (κ2) is 4.02. The summed E-state index contributed by atoms with van der Waals surface area (Å²) in [5.41, 5.74) is 3.94. The van der Waals surface area contributed by atoms with E-state index in [1.165, 1.54) is 30.5 Å². The highest BCUT2D eigenvalue weighted by atomic mass is 14.9. The largest absolute Gasteiger partial charge is 0.316 e. The summed E-state index contributed by atoms with van der Waals surface area (Å²) in [4.78, 5) is 4.40. The van der Waals surface area contributed by atoms with Gasteiger partial charge in [0.05, 0.1) is 0 Å². The number of aryl methyl sites for hydroxylation is 1. The van der Waals surface area contributed by atoms with Crippen LogP contribution in [0.3, 0.4) is 0 Å². The van der Waals surface area contributed by atoms with Gasteiger partial charge in [0.1, 0.15) is 0 Å². The summed E-state index contributed by atoms with van der Waals surface area (Å²) in [6.07, 6.45) is 7.03. The number of hydrogen-bond donors (Lipinski definition) is 1. The van der Waals surface area contributed by atoms with E-state index >= 15 is 0 Å². The molecular formula is C14H18N2. The minimum Gasteiger partial charge on any atom is -0.316 e. The van der Waals surface area contributed by atoms with Crippen LogP contribution in [0.25, 0.3) is 5.57 Å². The van der Waals surface area contributed by atoms with Crippen LogP contribution in [0.5, 0.6) is 0 Å². The molecule has 1 aromatic rings. The van der Waals surface area contributed by atoms with Gasteiger partial charge in [0.25, 0.3) is 0 Å². The van der Waals surface area contributed by atoms with Gasteiger partial charge in [0.2, 0.25) is 0 Å². The fraction of sp³-hybridized carbons (Fsp3) is 0.500. The van der Waals surface area contributed by atoms with Crippen LogP contribution in [0.4, 0.5) is 0 Å². The second-order valence-electron chi connectivity index (χ2n) is 4.94. The van der Waals surface area contributed by atoms with Crippen molar-refractivity contribution in [3.05, 3.63) is 35.7 Å². The molecule has 2 nitrogen and oxygen atoms in total. The highest BCUT2D eigenvalue weighted by molar-refractivity contribution is 5.69. The molecule has 1 N–H and O–H groups in total. The van der Waals surface area contributed by atoms with Crippen molar-refractivity contribution in [3.8, 4) is 0 Å². The first-order chi connectivity index (χ1) is 7.84. The van der Waals surface area contributed by atoms with E-state index in [0.29, 0.717) is 0 Å². The number of nitrogens with zero attached hydrogens (tertiary/aromatic N) is 1. The third kappa shape index (κ3) is 1.67. The Balaban J connectivity index is 1.87. The van der Waals surface area contributed by atoms with Crippen molar-refractivity contribution in [1.82, 2.24) is 10.3 Å². The van der Waals surface area contributed by atoms with Crippen molar-refractivity contribution in [2.45, 2.75) is 19.8 Å². The Morgan fingerprint density at radius 3 is 3.12 bits per heavy atom. The Morgan fingerprint density at radius 2 is 2.31 bits per heavy atom. The zero-order chi connectivity index (χ0) is 11.0. The van der Waals surface area contributed by atoms with Crippen LogP contribution >= 0.6 is 0 Å². The normalized spacial score (nSPS) is 28.7. The molecule has 84 valence electrons. The van der Waals surface area contributed by atoms with E-state index in [-0.39, 0.29) is 0 Å². The van der Waals surface area contributed by atoms with E-state index < -0.39 is 0 Å². The molecule has 1 aliphatic carbocycles. The molecular weight excluding hydrogens is 196 g/mol. The van der Waals surface area contributed by atoms with Crippen molar-refractivity contribution in [2.24, 2.45) is 11.8 Å². The minimum atomic E-state index is 0.721. The molecule has 0 amide bonds. The summed E-state index contributed by atoms with van der Waals surface area (Å²) in [6.45, 7) is 4.37. The van der Waals surface area contributed by atoms with E-state index in [0.717, 1.165) is 24.1 Å². The number of nitrogens with one attached hydrogen (secondary N) is 1. The molecule has 1 fully saturated rings. The average molecular weight is 214 g/mol. The monoisotopic (exact) mass is 214 g/mol. The van der Waals surface area contributed by atoms with Gasteiger partial charge < -0.3 is 5.32 Å². The van der Waals surface area contributed by atoms with Gasteiger partial charge in [0.15, 0.2) is 0 Å². The number of piperidine rings is 1. The lowest BCUT2D eigenvalue weighted by molar-refractivity contribution is 0.328. The van der Waals surface area contributed by atoms with Crippen molar-refractivity contribution in [2.75, 3.05) is 13.1 Å². The lowest BCUT2D eigenvalue weighted by Crippen LogP contribution is -2.34. The molecule has 0 spiro atoms.